The van der Waals surface area contributed by atoms with Gasteiger partial charge in [0.2, 0.25) is 10.0 Å². The lowest BCUT2D eigenvalue weighted by Crippen LogP contribution is -2.39. The third-order valence-corrected chi connectivity index (χ3v) is 5.57. The van der Waals surface area contributed by atoms with E-state index in [1.54, 1.807) is 13.8 Å². The van der Waals surface area contributed by atoms with E-state index < -0.39 is 34.1 Å². The highest BCUT2D eigenvalue weighted by molar-refractivity contribution is 7.89. The molecule has 0 heterocycles. The lowest BCUT2D eigenvalue weighted by molar-refractivity contribution is -0.128. The smallest absolute Gasteiger partial charge is 0.413 e. The van der Waals surface area contributed by atoms with Crippen molar-refractivity contribution in [1.29, 1.82) is 0 Å². The van der Waals surface area contributed by atoms with Crippen LogP contribution in [0.4, 0.5) is 4.79 Å². The van der Waals surface area contributed by atoms with E-state index in [0.29, 0.717) is 0 Å². The van der Waals surface area contributed by atoms with E-state index in [1.807, 2.05) is 5.32 Å². The van der Waals surface area contributed by atoms with Crippen molar-refractivity contribution in [1.82, 2.24) is 9.62 Å². The molecule has 1 rings (SSSR count). The van der Waals surface area contributed by atoms with Gasteiger partial charge in [-0.05, 0) is 39.0 Å². The van der Waals surface area contributed by atoms with Gasteiger partial charge in [0.1, 0.15) is 0 Å². The number of sulfonamides is 1. The number of ether oxygens (including phenoxy) is 2. The van der Waals surface area contributed by atoms with Gasteiger partial charge in [-0.25, -0.2) is 18.0 Å². The highest BCUT2D eigenvalue weighted by Gasteiger charge is 2.25. The number of carbonyl (C=O) groups excluding carboxylic acids is 3. The second-order valence-corrected chi connectivity index (χ2v) is 7.67. The summed E-state index contributed by atoms with van der Waals surface area (Å²) in [5.41, 5.74) is -0.0408. The molecule has 1 aromatic rings. The van der Waals surface area contributed by atoms with Gasteiger partial charge in [0.15, 0.2) is 6.10 Å². The van der Waals surface area contributed by atoms with Crippen LogP contribution in [0.1, 0.15) is 31.1 Å². The van der Waals surface area contributed by atoms with Crippen molar-refractivity contribution in [3.05, 3.63) is 29.8 Å². The number of alkyl carbamates (subject to hydrolysis) is 1. The number of benzene rings is 1. The molecule has 0 radical (unpaired) electrons. The third kappa shape index (κ3) is 5.27. The number of hydrogen-bond donors (Lipinski definition) is 1. The molecular weight excluding hydrogens is 364 g/mol. The van der Waals surface area contributed by atoms with Crippen LogP contribution in [0.2, 0.25) is 0 Å². The predicted molar refractivity (Wildman–Crippen MR) is 92.0 cm³/mol. The Hall–Kier alpha value is -2.46. The molecule has 144 valence electrons. The van der Waals surface area contributed by atoms with Crippen molar-refractivity contribution in [3.63, 3.8) is 0 Å². The number of rotatable bonds is 6. The van der Waals surface area contributed by atoms with Crippen molar-refractivity contribution in [2.45, 2.75) is 37.8 Å². The minimum absolute atomic E-state index is 0.0408. The van der Waals surface area contributed by atoms with Gasteiger partial charge in [0.25, 0.3) is 5.91 Å². The summed E-state index contributed by atoms with van der Waals surface area (Å²) in [6.07, 6.45) is -2.26. The van der Waals surface area contributed by atoms with Crippen LogP contribution in [0, 0.1) is 0 Å². The van der Waals surface area contributed by atoms with E-state index in [2.05, 4.69) is 4.74 Å². The van der Waals surface area contributed by atoms with Crippen LogP contribution in [0.3, 0.4) is 0 Å². The molecule has 0 fully saturated rings. The van der Waals surface area contributed by atoms with Gasteiger partial charge in [-0.15, -0.1) is 0 Å². The molecule has 0 aliphatic heterocycles. The van der Waals surface area contributed by atoms with Crippen molar-refractivity contribution in [2.24, 2.45) is 0 Å². The van der Waals surface area contributed by atoms with Crippen LogP contribution in [0.5, 0.6) is 0 Å². The fraction of sp³-hybridized carbons (Fsp3) is 0.438. The summed E-state index contributed by atoms with van der Waals surface area (Å²) in [6, 6.07) is 5.02. The molecule has 0 saturated heterocycles. The number of nitrogens with one attached hydrogen (secondary N) is 1. The van der Waals surface area contributed by atoms with Gasteiger partial charge in [0.05, 0.1) is 17.6 Å². The number of amides is 2. The Morgan fingerprint density at radius 3 is 2.31 bits per heavy atom. The number of esters is 1. The summed E-state index contributed by atoms with van der Waals surface area (Å²) < 4.78 is 35.4. The maximum absolute atomic E-state index is 12.5. The molecule has 0 aromatic heterocycles. The molecule has 0 unspecified atom stereocenters. The van der Waals surface area contributed by atoms with E-state index in [1.165, 1.54) is 42.5 Å². The van der Waals surface area contributed by atoms with Gasteiger partial charge in [0, 0.05) is 13.1 Å². The molecule has 1 aromatic carbocycles. The zero-order chi connectivity index (χ0) is 20.1. The Labute approximate surface area is 152 Å². The molecule has 26 heavy (non-hydrogen) atoms. The Morgan fingerprint density at radius 1 is 1.15 bits per heavy atom. The summed E-state index contributed by atoms with van der Waals surface area (Å²) in [5.74, 6) is -1.77. The fourth-order valence-electron chi connectivity index (χ4n) is 1.76. The van der Waals surface area contributed by atoms with Gasteiger partial charge in [-0.3, -0.25) is 10.1 Å². The van der Waals surface area contributed by atoms with Crippen molar-refractivity contribution >= 4 is 28.0 Å². The standard InChI is InChI=1S/C16H22N2O7S/c1-10(2)18(4)26(22,23)13-8-6-7-12(9-13)15(20)25-11(3)14(19)17-16(21)24-5/h6-11H,1-5H3,(H,17,19,21)/t11-/m1/s1. The topological polar surface area (TPSA) is 119 Å². The van der Waals surface area contributed by atoms with E-state index in [-0.39, 0.29) is 16.5 Å². The largest absolute Gasteiger partial charge is 0.453 e. The third-order valence-electron chi connectivity index (χ3n) is 3.54. The number of methoxy groups -OCH3 is 1. The maximum Gasteiger partial charge on any atom is 0.413 e. The first-order chi connectivity index (χ1) is 12.0. The van der Waals surface area contributed by atoms with Crippen LogP contribution >= 0.6 is 0 Å². The highest BCUT2D eigenvalue weighted by atomic mass is 32.2. The van der Waals surface area contributed by atoms with Crippen molar-refractivity contribution in [3.8, 4) is 0 Å². The zero-order valence-electron chi connectivity index (χ0n) is 15.2. The summed E-state index contributed by atoms with van der Waals surface area (Å²) in [4.78, 5) is 34.8. The summed E-state index contributed by atoms with van der Waals surface area (Å²) in [5, 5.41) is 1.87. The van der Waals surface area contributed by atoms with Gasteiger partial charge >= 0.3 is 12.1 Å². The fourth-order valence-corrected chi connectivity index (χ4v) is 3.18. The van der Waals surface area contributed by atoms with Crippen molar-refractivity contribution in [2.75, 3.05) is 14.2 Å². The number of carbonyl (C=O) groups is 3. The first-order valence-corrected chi connectivity index (χ1v) is 9.12. The summed E-state index contributed by atoms with van der Waals surface area (Å²) in [7, 11) is -1.26. The van der Waals surface area contributed by atoms with Crippen LogP contribution in [-0.4, -0.2) is 57.0 Å². The van der Waals surface area contributed by atoms with Crippen LogP contribution in [-0.2, 0) is 24.3 Å². The second-order valence-electron chi connectivity index (χ2n) is 5.67. The maximum atomic E-state index is 12.5. The summed E-state index contributed by atoms with van der Waals surface area (Å²) in [6.45, 7) is 4.71. The molecule has 2 amide bonds. The van der Waals surface area contributed by atoms with Crippen molar-refractivity contribution < 1.29 is 32.3 Å². The van der Waals surface area contributed by atoms with E-state index in [4.69, 9.17) is 4.74 Å². The molecule has 1 atom stereocenters. The van der Waals surface area contributed by atoms with Gasteiger partial charge < -0.3 is 9.47 Å². The van der Waals surface area contributed by atoms with Gasteiger partial charge in [-0.1, -0.05) is 6.07 Å². The Balaban J connectivity index is 2.96. The quantitative estimate of drug-likeness (QED) is 0.728. The Morgan fingerprint density at radius 2 is 1.77 bits per heavy atom. The molecule has 0 spiro atoms. The van der Waals surface area contributed by atoms with Crippen LogP contribution < -0.4 is 5.32 Å². The molecule has 9 nitrogen and oxygen atoms in total. The Kier molecular flexibility index (Phi) is 7.28. The molecular formula is C16H22N2O7S. The minimum Gasteiger partial charge on any atom is -0.453 e. The normalized spacial score (nSPS) is 12.6. The zero-order valence-corrected chi connectivity index (χ0v) is 16.0. The van der Waals surface area contributed by atoms with Gasteiger partial charge in [-0.2, -0.15) is 4.31 Å². The average molecular weight is 386 g/mol. The van der Waals surface area contributed by atoms with E-state index >= 15 is 0 Å². The molecule has 0 bridgehead atoms. The van der Waals surface area contributed by atoms with Crippen LogP contribution in [0.25, 0.3) is 0 Å². The summed E-state index contributed by atoms with van der Waals surface area (Å²) >= 11 is 0. The molecule has 0 aliphatic rings. The Bertz CT molecular complexity index is 790. The highest BCUT2D eigenvalue weighted by Crippen LogP contribution is 2.18. The molecule has 0 saturated carbocycles. The first kappa shape index (κ1) is 21.6. The van der Waals surface area contributed by atoms with E-state index in [0.717, 1.165) is 7.11 Å². The molecule has 1 N–H and O–H groups in total. The monoisotopic (exact) mass is 386 g/mol. The minimum atomic E-state index is -3.77. The number of imide groups is 1. The number of hydrogen-bond acceptors (Lipinski definition) is 7. The lowest BCUT2D eigenvalue weighted by Gasteiger charge is -2.21. The van der Waals surface area contributed by atoms with E-state index in [9.17, 15) is 22.8 Å². The predicted octanol–water partition coefficient (Wildman–Crippen LogP) is 1.14. The lowest BCUT2D eigenvalue weighted by atomic mass is 10.2. The average Bonchev–Trinajstić information content (AvgIpc) is 2.60. The number of nitrogens with zero attached hydrogens (tertiary/aromatic N) is 1. The second kappa shape index (κ2) is 8.77. The molecule has 0 aliphatic carbocycles. The first-order valence-electron chi connectivity index (χ1n) is 7.68. The van der Waals surface area contributed by atoms with Crippen LogP contribution in [0.15, 0.2) is 29.2 Å². The SMILES string of the molecule is COC(=O)NC(=O)[C@@H](C)OC(=O)c1cccc(S(=O)(=O)N(C)C(C)C)c1. The molecule has 10 heteroatoms.